The number of benzene rings is 1. The minimum atomic E-state index is 0. The number of likely N-dealkylation sites (N-methyl/N-ethyl adjacent to an activating group) is 1. The van der Waals surface area contributed by atoms with Crippen molar-refractivity contribution in [1.82, 2.24) is 20.4 Å². The van der Waals surface area contributed by atoms with Gasteiger partial charge in [0.15, 0.2) is 5.96 Å². The minimum Gasteiger partial charge on any atom is -0.492 e. The molecular weight excluding hydrogens is 429 g/mol. The number of ether oxygens (including phenoxy) is 1. The molecule has 0 saturated carbocycles. The molecule has 2 aromatic rings. The van der Waals surface area contributed by atoms with Crippen LogP contribution >= 0.6 is 35.6 Å². The first kappa shape index (κ1) is 19.6. The second kappa shape index (κ2) is 10.3. The number of nitrogens with one attached hydrogen (secondary N) is 2. The van der Waals surface area contributed by atoms with Gasteiger partial charge in [-0.05, 0) is 30.3 Å². The van der Waals surface area contributed by atoms with Crippen molar-refractivity contribution in [3.63, 3.8) is 0 Å². The highest BCUT2D eigenvalue weighted by Gasteiger charge is 2.06. The number of halogens is 2. The van der Waals surface area contributed by atoms with Crippen molar-refractivity contribution in [3.8, 4) is 5.75 Å². The van der Waals surface area contributed by atoms with E-state index in [2.05, 4.69) is 20.5 Å². The molecule has 0 aliphatic rings. The van der Waals surface area contributed by atoms with Crippen molar-refractivity contribution in [2.45, 2.75) is 6.54 Å². The van der Waals surface area contributed by atoms with Crippen molar-refractivity contribution in [3.05, 3.63) is 47.2 Å². The van der Waals surface area contributed by atoms with Gasteiger partial charge in [0.05, 0.1) is 18.8 Å². The Balaban J connectivity index is 0.00000264. The van der Waals surface area contributed by atoms with Crippen LogP contribution in [-0.4, -0.2) is 48.3 Å². The third-order valence-electron chi connectivity index (χ3n) is 3.08. The number of guanidine groups is 1. The molecule has 0 spiro atoms. The molecule has 0 amide bonds. The van der Waals surface area contributed by atoms with Crippen LogP contribution in [0.25, 0.3) is 0 Å². The van der Waals surface area contributed by atoms with E-state index in [0.717, 1.165) is 17.4 Å². The first-order valence-electron chi connectivity index (χ1n) is 6.97. The number of nitrogens with zero attached hydrogens (tertiary/aromatic N) is 3. The first-order chi connectivity index (χ1) is 10.7. The van der Waals surface area contributed by atoms with E-state index in [4.69, 9.17) is 16.3 Å². The molecule has 2 N–H and O–H groups in total. The van der Waals surface area contributed by atoms with Crippen molar-refractivity contribution < 1.29 is 4.74 Å². The Hall–Kier alpha value is -1.48. The van der Waals surface area contributed by atoms with Gasteiger partial charge in [-0.2, -0.15) is 5.10 Å². The quantitative estimate of drug-likeness (QED) is 0.404. The van der Waals surface area contributed by atoms with E-state index in [1.54, 1.807) is 13.2 Å². The first-order valence-corrected chi connectivity index (χ1v) is 7.35. The van der Waals surface area contributed by atoms with Crippen LogP contribution in [0, 0.1) is 0 Å². The van der Waals surface area contributed by atoms with E-state index in [-0.39, 0.29) is 24.0 Å². The number of rotatable bonds is 6. The second-order valence-electron chi connectivity index (χ2n) is 4.71. The third kappa shape index (κ3) is 6.66. The molecule has 0 aliphatic heterocycles. The zero-order chi connectivity index (χ0) is 15.8. The summed E-state index contributed by atoms with van der Waals surface area (Å²) in [5, 5.41) is 10.8. The number of hydrogen-bond donors (Lipinski definition) is 2. The van der Waals surface area contributed by atoms with Crippen molar-refractivity contribution >= 4 is 41.5 Å². The van der Waals surface area contributed by atoms with Gasteiger partial charge in [0.2, 0.25) is 0 Å². The highest BCUT2D eigenvalue weighted by Crippen LogP contribution is 2.15. The summed E-state index contributed by atoms with van der Waals surface area (Å²) in [5.41, 5.74) is 1.01. The topological polar surface area (TPSA) is 65.5 Å². The molecule has 0 fully saturated rings. The van der Waals surface area contributed by atoms with E-state index >= 15 is 0 Å². The van der Waals surface area contributed by atoms with E-state index < -0.39 is 0 Å². The van der Waals surface area contributed by atoms with Gasteiger partial charge in [-0.3, -0.25) is 10.1 Å². The summed E-state index contributed by atoms with van der Waals surface area (Å²) < 4.78 is 5.68. The van der Waals surface area contributed by atoms with Crippen LogP contribution in [0.5, 0.6) is 5.75 Å². The summed E-state index contributed by atoms with van der Waals surface area (Å²) in [7, 11) is 3.72. The predicted octanol–water partition coefficient (Wildman–Crippen LogP) is 2.77. The Morgan fingerprint density at radius 1 is 1.35 bits per heavy atom. The van der Waals surface area contributed by atoms with Gasteiger partial charge in [0.25, 0.3) is 0 Å². The molecule has 1 heterocycles. The van der Waals surface area contributed by atoms with Gasteiger partial charge in [0.1, 0.15) is 12.4 Å². The summed E-state index contributed by atoms with van der Waals surface area (Å²) in [6.45, 7) is 1.92. The lowest BCUT2D eigenvalue weighted by molar-refractivity contribution is 0.281. The molecule has 6 nitrogen and oxygen atoms in total. The van der Waals surface area contributed by atoms with Crippen LogP contribution in [0.4, 0.5) is 0 Å². The summed E-state index contributed by atoms with van der Waals surface area (Å²) in [5.74, 6) is 1.60. The average Bonchev–Trinajstić information content (AvgIpc) is 3.03. The Morgan fingerprint density at radius 3 is 2.70 bits per heavy atom. The SMILES string of the molecule is CN=C(NCc1ccn[nH]1)N(C)CCOc1ccc(Cl)cc1.I. The van der Waals surface area contributed by atoms with Gasteiger partial charge in [-0.25, -0.2) is 0 Å². The zero-order valence-corrected chi connectivity index (χ0v) is 16.2. The Bertz CT molecular complexity index is 588. The summed E-state index contributed by atoms with van der Waals surface area (Å²) >= 11 is 5.84. The molecule has 8 heteroatoms. The van der Waals surface area contributed by atoms with E-state index in [0.29, 0.717) is 24.7 Å². The molecule has 2 rings (SSSR count). The fraction of sp³-hybridized carbons (Fsp3) is 0.333. The molecule has 126 valence electrons. The smallest absolute Gasteiger partial charge is 0.193 e. The maximum Gasteiger partial charge on any atom is 0.193 e. The Labute approximate surface area is 158 Å². The number of H-pyrrole nitrogens is 1. The summed E-state index contributed by atoms with van der Waals surface area (Å²) in [6.07, 6.45) is 1.73. The van der Waals surface area contributed by atoms with Gasteiger partial charge in [-0.15, -0.1) is 24.0 Å². The fourth-order valence-corrected chi connectivity index (χ4v) is 2.01. The number of aliphatic imine (C=N–C) groups is 1. The van der Waals surface area contributed by atoms with E-state index in [1.165, 1.54) is 0 Å². The van der Waals surface area contributed by atoms with Crippen LogP contribution in [0.15, 0.2) is 41.5 Å². The fourth-order valence-electron chi connectivity index (χ4n) is 1.88. The lowest BCUT2D eigenvalue weighted by Crippen LogP contribution is -2.40. The van der Waals surface area contributed by atoms with Gasteiger partial charge >= 0.3 is 0 Å². The normalized spacial score (nSPS) is 10.8. The molecule has 1 aromatic carbocycles. The van der Waals surface area contributed by atoms with Crippen molar-refractivity contribution in [2.75, 3.05) is 27.2 Å². The monoisotopic (exact) mass is 449 g/mol. The standard InChI is InChI=1S/C15H20ClN5O.HI/c1-17-15(18-11-13-7-8-19-20-13)21(2)9-10-22-14-5-3-12(16)4-6-14;/h3-8H,9-11H2,1-2H3,(H,17,18)(H,19,20);1H. The molecule has 0 bridgehead atoms. The van der Waals surface area contributed by atoms with Gasteiger partial charge in [0, 0.05) is 25.3 Å². The molecule has 1 aromatic heterocycles. The lowest BCUT2D eigenvalue weighted by Gasteiger charge is -2.21. The van der Waals surface area contributed by atoms with E-state index in [9.17, 15) is 0 Å². The van der Waals surface area contributed by atoms with Crippen molar-refractivity contribution in [2.24, 2.45) is 4.99 Å². The maximum absolute atomic E-state index is 5.84. The number of aromatic amines is 1. The molecule has 0 radical (unpaired) electrons. The summed E-state index contributed by atoms with van der Waals surface area (Å²) in [6, 6.07) is 9.25. The lowest BCUT2D eigenvalue weighted by atomic mass is 10.3. The molecule has 0 atom stereocenters. The molecule has 23 heavy (non-hydrogen) atoms. The second-order valence-corrected chi connectivity index (χ2v) is 5.14. The average molecular weight is 450 g/mol. The van der Waals surface area contributed by atoms with Crippen LogP contribution in [0.1, 0.15) is 5.69 Å². The van der Waals surface area contributed by atoms with Crippen LogP contribution in [-0.2, 0) is 6.54 Å². The molecular formula is C15H21ClIN5O. The Morgan fingerprint density at radius 2 is 2.09 bits per heavy atom. The molecule has 0 saturated heterocycles. The zero-order valence-electron chi connectivity index (χ0n) is 13.1. The van der Waals surface area contributed by atoms with E-state index in [1.807, 2.05) is 42.3 Å². The third-order valence-corrected chi connectivity index (χ3v) is 3.33. The number of aromatic nitrogens is 2. The molecule has 0 aliphatic carbocycles. The maximum atomic E-state index is 5.84. The van der Waals surface area contributed by atoms with Crippen LogP contribution in [0.2, 0.25) is 5.02 Å². The number of hydrogen-bond acceptors (Lipinski definition) is 3. The highest BCUT2D eigenvalue weighted by molar-refractivity contribution is 14.0. The minimum absolute atomic E-state index is 0. The molecule has 0 unspecified atom stereocenters. The largest absolute Gasteiger partial charge is 0.492 e. The van der Waals surface area contributed by atoms with Crippen LogP contribution in [0.3, 0.4) is 0 Å². The highest BCUT2D eigenvalue weighted by atomic mass is 127. The van der Waals surface area contributed by atoms with Crippen LogP contribution < -0.4 is 10.1 Å². The summed E-state index contributed by atoms with van der Waals surface area (Å²) in [4.78, 5) is 6.26. The predicted molar refractivity (Wildman–Crippen MR) is 104 cm³/mol. The van der Waals surface area contributed by atoms with Crippen molar-refractivity contribution in [1.29, 1.82) is 0 Å². The van der Waals surface area contributed by atoms with Gasteiger partial charge in [-0.1, -0.05) is 11.6 Å². The Kier molecular flexibility index (Phi) is 8.78. The van der Waals surface area contributed by atoms with Gasteiger partial charge < -0.3 is 15.0 Å².